The molecule has 4 aliphatic heterocycles. The van der Waals surface area contributed by atoms with Gasteiger partial charge in [-0.25, -0.2) is 0 Å². The monoisotopic (exact) mass is 374 g/mol. The lowest BCUT2D eigenvalue weighted by molar-refractivity contribution is -0.121. The fourth-order valence-corrected chi connectivity index (χ4v) is 2.97. The van der Waals surface area contributed by atoms with Crippen LogP contribution in [0.4, 0.5) is 0 Å². The van der Waals surface area contributed by atoms with Crippen molar-refractivity contribution in [3.8, 4) is 0 Å². The highest BCUT2D eigenvalue weighted by Gasteiger charge is 2.44. The maximum absolute atomic E-state index is 6.26. The van der Waals surface area contributed by atoms with Crippen LogP contribution in [0.25, 0.3) is 0 Å². The fraction of sp³-hybridized carbons (Fsp3) is 1.00. The third kappa shape index (κ3) is 7.36. The first-order valence-corrected chi connectivity index (χ1v) is 9.65. The van der Waals surface area contributed by atoms with Crippen LogP contribution in [0.1, 0.15) is 12.8 Å². The third-order valence-electron chi connectivity index (χ3n) is 4.80. The van der Waals surface area contributed by atoms with Crippen LogP contribution in [-0.2, 0) is 37.9 Å². The molecule has 150 valence electrons. The molecule has 0 saturated carbocycles. The average Bonchev–Trinajstić information content (AvgIpc) is 3.45. The fourth-order valence-electron chi connectivity index (χ4n) is 2.97. The van der Waals surface area contributed by atoms with Crippen LogP contribution in [0.3, 0.4) is 0 Å². The summed E-state index contributed by atoms with van der Waals surface area (Å²) < 4.78 is 44.4. The topological polar surface area (TPSA) is 87.0 Å². The number of ether oxygens (including phenoxy) is 8. The second kappa shape index (κ2) is 9.25. The highest BCUT2D eigenvalue weighted by Crippen LogP contribution is 2.35. The van der Waals surface area contributed by atoms with E-state index in [0.29, 0.717) is 52.4 Å². The largest absolute Gasteiger partial charge is 0.377 e. The molecular weight excluding hydrogens is 344 g/mol. The van der Waals surface area contributed by atoms with Gasteiger partial charge in [0.25, 0.3) is 0 Å². The predicted octanol–water partition coefficient (Wildman–Crippen LogP) is 0.167. The number of rotatable bonds is 17. The minimum atomic E-state index is -0.359. The van der Waals surface area contributed by atoms with Crippen LogP contribution < -0.4 is 0 Å². The van der Waals surface area contributed by atoms with Gasteiger partial charge in [-0.3, -0.25) is 0 Å². The number of hydrogen-bond donors (Lipinski definition) is 0. The summed E-state index contributed by atoms with van der Waals surface area (Å²) in [5.74, 6) is 0. The van der Waals surface area contributed by atoms with Crippen molar-refractivity contribution < 1.29 is 37.9 Å². The zero-order valence-corrected chi connectivity index (χ0v) is 15.3. The smallest absolute Gasteiger partial charge is 0.104 e. The SMILES string of the molecule is C(COCC1CO1)OCCOCC(CC1CO1)(CC1CO1)OCC1CO1. The van der Waals surface area contributed by atoms with Gasteiger partial charge in [0, 0.05) is 12.8 Å². The molecule has 0 aromatic carbocycles. The molecule has 4 unspecified atom stereocenters. The summed E-state index contributed by atoms with van der Waals surface area (Å²) in [6.45, 7) is 7.28. The highest BCUT2D eigenvalue weighted by atomic mass is 16.6. The molecule has 0 bridgehead atoms. The first-order valence-electron chi connectivity index (χ1n) is 9.65. The van der Waals surface area contributed by atoms with Crippen LogP contribution >= 0.6 is 0 Å². The molecule has 4 rings (SSSR count). The van der Waals surface area contributed by atoms with Crippen LogP contribution in [0.5, 0.6) is 0 Å². The van der Waals surface area contributed by atoms with E-state index in [2.05, 4.69) is 0 Å². The molecule has 4 heterocycles. The van der Waals surface area contributed by atoms with Gasteiger partial charge in [-0.2, -0.15) is 0 Å². The predicted molar refractivity (Wildman–Crippen MR) is 89.3 cm³/mol. The molecule has 0 aliphatic carbocycles. The Bertz CT molecular complexity index is 403. The van der Waals surface area contributed by atoms with Crippen LogP contribution in [0.2, 0.25) is 0 Å². The molecule has 4 fully saturated rings. The molecule has 0 amide bonds. The van der Waals surface area contributed by atoms with Gasteiger partial charge in [0.1, 0.15) is 12.2 Å². The molecule has 4 atom stereocenters. The lowest BCUT2D eigenvalue weighted by Crippen LogP contribution is -2.42. The summed E-state index contributed by atoms with van der Waals surface area (Å²) >= 11 is 0. The molecule has 0 aromatic rings. The molecule has 4 aliphatic rings. The Balaban J connectivity index is 1.11. The maximum atomic E-state index is 6.26. The van der Waals surface area contributed by atoms with Gasteiger partial charge in [0.05, 0.1) is 90.5 Å². The Hall–Kier alpha value is -0.320. The Kier molecular flexibility index (Phi) is 6.77. The first-order chi connectivity index (χ1) is 12.8. The van der Waals surface area contributed by atoms with Gasteiger partial charge in [0.15, 0.2) is 0 Å². The quantitative estimate of drug-likeness (QED) is 0.263. The lowest BCUT2D eigenvalue weighted by atomic mass is 9.92. The van der Waals surface area contributed by atoms with Crippen LogP contribution in [0.15, 0.2) is 0 Å². The maximum Gasteiger partial charge on any atom is 0.104 e. The summed E-state index contributed by atoms with van der Waals surface area (Å²) in [4.78, 5) is 0. The van der Waals surface area contributed by atoms with Gasteiger partial charge in [0.2, 0.25) is 0 Å². The number of epoxide rings is 4. The van der Waals surface area contributed by atoms with Crippen molar-refractivity contribution in [3.63, 3.8) is 0 Å². The van der Waals surface area contributed by atoms with E-state index in [9.17, 15) is 0 Å². The van der Waals surface area contributed by atoms with E-state index in [1.165, 1.54) is 0 Å². The molecule has 0 spiro atoms. The Morgan fingerprint density at radius 3 is 1.69 bits per heavy atom. The lowest BCUT2D eigenvalue weighted by Gasteiger charge is -2.33. The zero-order valence-electron chi connectivity index (χ0n) is 15.3. The van der Waals surface area contributed by atoms with Gasteiger partial charge in [-0.05, 0) is 0 Å². The van der Waals surface area contributed by atoms with Crippen LogP contribution in [0, 0.1) is 0 Å². The summed E-state index contributed by atoms with van der Waals surface area (Å²) in [5, 5.41) is 0. The van der Waals surface area contributed by atoms with E-state index in [4.69, 9.17) is 37.9 Å². The first kappa shape index (κ1) is 19.0. The average molecular weight is 374 g/mol. The van der Waals surface area contributed by atoms with E-state index < -0.39 is 0 Å². The highest BCUT2D eigenvalue weighted by molar-refractivity contribution is 4.93. The Morgan fingerprint density at radius 1 is 0.615 bits per heavy atom. The summed E-state index contributed by atoms with van der Waals surface area (Å²) in [7, 11) is 0. The van der Waals surface area contributed by atoms with Crippen molar-refractivity contribution >= 4 is 0 Å². The van der Waals surface area contributed by atoms with Crippen molar-refractivity contribution in [1.29, 1.82) is 0 Å². The summed E-state index contributed by atoms with van der Waals surface area (Å²) in [6, 6.07) is 0. The van der Waals surface area contributed by atoms with Gasteiger partial charge in [-0.1, -0.05) is 0 Å². The van der Waals surface area contributed by atoms with Gasteiger partial charge in [-0.15, -0.1) is 0 Å². The van der Waals surface area contributed by atoms with Crippen molar-refractivity contribution in [1.82, 2.24) is 0 Å². The van der Waals surface area contributed by atoms with E-state index in [1.54, 1.807) is 0 Å². The second-order valence-electron chi connectivity index (χ2n) is 7.46. The van der Waals surface area contributed by atoms with Crippen molar-refractivity contribution in [3.05, 3.63) is 0 Å². The third-order valence-corrected chi connectivity index (χ3v) is 4.80. The van der Waals surface area contributed by atoms with E-state index >= 15 is 0 Å². The standard InChI is InChI=1S/C18H30O8/c1(3-20-7-16-10-24-16)19-2-4-21-13-18(5-14-8-22-14,6-15-9-23-15)26-12-17-11-25-17/h14-17H,1-13H2. The summed E-state index contributed by atoms with van der Waals surface area (Å²) in [6.07, 6.45) is 2.79. The normalized spacial score (nSPS) is 33.7. The number of hydrogen-bond acceptors (Lipinski definition) is 8. The van der Waals surface area contributed by atoms with Crippen molar-refractivity contribution in [2.75, 3.05) is 72.7 Å². The second-order valence-corrected chi connectivity index (χ2v) is 7.46. The summed E-state index contributed by atoms with van der Waals surface area (Å²) in [5.41, 5.74) is -0.359. The van der Waals surface area contributed by atoms with Gasteiger partial charge < -0.3 is 37.9 Å². The minimum absolute atomic E-state index is 0.235. The minimum Gasteiger partial charge on any atom is -0.377 e. The Morgan fingerprint density at radius 2 is 1.12 bits per heavy atom. The molecule has 8 heteroatoms. The molecule has 0 aromatic heterocycles. The van der Waals surface area contributed by atoms with Crippen molar-refractivity contribution in [2.45, 2.75) is 42.9 Å². The van der Waals surface area contributed by atoms with E-state index in [1.807, 2.05) is 0 Å². The molecule has 0 N–H and O–H groups in total. The van der Waals surface area contributed by atoms with Crippen molar-refractivity contribution in [2.24, 2.45) is 0 Å². The van der Waals surface area contributed by atoms with Crippen LogP contribution in [-0.4, -0.2) is 103 Å². The van der Waals surface area contributed by atoms with E-state index in [0.717, 1.165) is 39.3 Å². The zero-order chi connectivity index (χ0) is 17.7. The van der Waals surface area contributed by atoms with Gasteiger partial charge >= 0.3 is 0 Å². The molecule has 4 saturated heterocycles. The molecule has 0 radical (unpaired) electrons. The van der Waals surface area contributed by atoms with E-state index in [-0.39, 0.29) is 23.9 Å². The molecule has 26 heavy (non-hydrogen) atoms. The molecular formula is C18H30O8. The molecule has 8 nitrogen and oxygen atoms in total. The Labute approximate surface area is 154 Å².